The van der Waals surface area contributed by atoms with Gasteiger partial charge in [0.1, 0.15) is 6.04 Å². The quantitative estimate of drug-likeness (QED) is 0.723. The minimum atomic E-state index is -4.40. The van der Waals surface area contributed by atoms with E-state index in [4.69, 9.17) is 0 Å². The van der Waals surface area contributed by atoms with Crippen molar-refractivity contribution in [3.63, 3.8) is 0 Å². The van der Waals surface area contributed by atoms with Crippen LogP contribution < -0.4 is 10.6 Å². The van der Waals surface area contributed by atoms with Gasteiger partial charge in [0.2, 0.25) is 11.9 Å². The molecular weight excluding hydrogens is 335 g/mol. The van der Waals surface area contributed by atoms with Gasteiger partial charge in [-0.05, 0) is 43.8 Å². The van der Waals surface area contributed by atoms with E-state index in [1.54, 1.807) is 6.08 Å². The highest BCUT2D eigenvalue weighted by molar-refractivity contribution is 5.63. The highest BCUT2D eigenvalue weighted by atomic mass is 19.4. The van der Waals surface area contributed by atoms with E-state index in [2.05, 4.69) is 25.6 Å². The Kier molecular flexibility index (Phi) is 6.21. The van der Waals surface area contributed by atoms with Gasteiger partial charge in [0.25, 0.3) is 0 Å². The van der Waals surface area contributed by atoms with Gasteiger partial charge >= 0.3 is 6.18 Å². The third-order valence-electron chi connectivity index (χ3n) is 3.77. The van der Waals surface area contributed by atoms with E-state index in [1.807, 2.05) is 13.8 Å². The topological polar surface area (TPSA) is 83.0 Å². The van der Waals surface area contributed by atoms with E-state index in [1.165, 1.54) is 0 Å². The predicted molar refractivity (Wildman–Crippen MR) is 90.1 cm³/mol. The number of nitrogens with one attached hydrogen (secondary N) is 2. The summed E-state index contributed by atoms with van der Waals surface area (Å²) in [6, 6.07) is -1.79. The summed E-state index contributed by atoms with van der Waals surface area (Å²) in [6.07, 6.45) is -1.24. The first-order valence-electron chi connectivity index (χ1n) is 8.37. The molecule has 25 heavy (non-hydrogen) atoms. The molecule has 0 aromatic carbocycles. The SMILES string of the molecule is CC(C)CNc1nc(NC(C)C(F)(F)F)nc(C2=CC(O)CCC2)n1. The lowest BCUT2D eigenvalue weighted by Crippen LogP contribution is -2.34. The van der Waals surface area contributed by atoms with Crippen LogP contribution in [0.25, 0.3) is 5.57 Å². The van der Waals surface area contributed by atoms with Crippen molar-refractivity contribution in [2.24, 2.45) is 5.92 Å². The monoisotopic (exact) mass is 359 g/mol. The van der Waals surface area contributed by atoms with E-state index in [0.717, 1.165) is 18.9 Å². The zero-order chi connectivity index (χ0) is 18.6. The second-order valence-corrected chi connectivity index (χ2v) is 6.64. The van der Waals surface area contributed by atoms with Crippen molar-refractivity contribution in [1.82, 2.24) is 15.0 Å². The van der Waals surface area contributed by atoms with Crippen LogP contribution in [0.1, 0.15) is 45.9 Å². The first-order chi connectivity index (χ1) is 11.6. The van der Waals surface area contributed by atoms with E-state index in [9.17, 15) is 18.3 Å². The number of aliphatic hydroxyl groups is 1. The standard InChI is InChI=1S/C16H24F3N5O/c1-9(2)8-20-14-22-13(11-5-4-6-12(25)7-11)23-15(24-14)21-10(3)16(17,18)19/h7,9-10,12,25H,4-6,8H2,1-3H3,(H2,20,21,22,23,24). The lowest BCUT2D eigenvalue weighted by atomic mass is 9.97. The second kappa shape index (κ2) is 7.99. The van der Waals surface area contributed by atoms with Gasteiger partial charge in [0.15, 0.2) is 5.82 Å². The van der Waals surface area contributed by atoms with Gasteiger partial charge in [-0.1, -0.05) is 13.8 Å². The van der Waals surface area contributed by atoms with Crippen LogP contribution in [0.2, 0.25) is 0 Å². The third kappa shape index (κ3) is 5.84. The van der Waals surface area contributed by atoms with E-state index in [-0.39, 0.29) is 17.7 Å². The van der Waals surface area contributed by atoms with Crippen LogP contribution >= 0.6 is 0 Å². The molecule has 0 bridgehead atoms. The van der Waals surface area contributed by atoms with Crippen molar-refractivity contribution >= 4 is 17.5 Å². The molecule has 140 valence electrons. The molecule has 3 N–H and O–H groups in total. The summed E-state index contributed by atoms with van der Waals surface area (Å²) < 4.78 is 38.4. The summed E-state index contributed by atoms with van der Waals surface area (Å²) in [7, 11) is 0. The summed E-state index contributed by atoms with van der Waals surface area (Å²) in [4.78, 5) is 12.5. The second-order valence-electron chi connectivity index (χ2n) is 6.64. The van der Waals surface area contributed by atoms with Gasteiger partial charge in [-0.25, -0.2) is 0 Å². The first-order valence-corrected chi connectivity index (χ1v) is 8.37. The number of hydrogen-bond acceptors (Lipinski definition) is 6. The first kappa shape index (κ1) is 19.4. The number of aliphatic hydroxyl groups excluding tert-OH is 1. The molecule has 0 radical (unpaired) electrons. The molecule has 0 aliphatic heterocycles. The number of rotatable bonds is 6. The molecule has 1 aliphatic rings. The van der Waals surface area contributed by atoms with Gasteiger partial charge < -0.3 is 15.7 Å². The normalized spacial score (nSPS) is 19.5. The van der Waals surface area contributed by atoms with Crippen molar-refractivity contribution in [1.29, 1.82) is 0 Å². The van der Waals surface area contributed by atoms with Gasteiger partial charge in [-0.3, -0.25) is 0 Å². The van der Waals surface area contributed by atoms with Crippen LogP contribution in [0.3, 0.4) is 0 Å². The fourth-order valence-corrected chi connectivity index (χ4v) is 2.32. The molecule has 0 spiro atoms. The van der Waals surface area contributed by atoms with Crippen LogP contribution in [0.5, 0.6) is 0 Å². The number of aromatic nitrogens is 3. The largest absolute Gasteiger partial charge is 0.408 e. The Balaban J connectivity index is 2.31. The minimum Gasteiger partial charge on any atom is -0.389 e. The van der Waals surface area contributed by atoms with E-state index >= 15 is 0 Å². The molecule has 1 aliphatic carbocycles. The minimum absolute atomic E-state index is 0.137. The van der Waals surface area contributed by atoms with Crippen molar-refractivity contribution in [3.05, 3.63) is 11.9 Å². The molecule has 0 amide bonds. The molecular formula is C16H24F3N5O. The molecule has 6 nitrogen and oxygen atoms in total. The molecule has 2 unspecified atom stereocenters. The third-order valence-corrected chi connectivity index (χ3v) is 3.77. The van der Waals surface area contributed by atoms with Crippen LogP contribution in [-0.2, 0) is 0 Å². The molecule has 1 aromatic rings. The van der Waals surface area contributed by atoms with Gasteiger partial charge in [-0.15, -0.1) is 0 Å². The molecule has 2 rings (SSSR count). The van der Waals surface area contributed by atoms with Gasteiger partial charge in [0.05, 0.1) is 6.10 Å². The maximum atomic E-state index is 12.8. The Hall–Kier alpha value is -1.90. The molecule has 9 heteroatoms. The Bertz CT molecular complexity index is 618. The number of allylic oxidation sites excluding steroid dienone is 1. The van der Waals surface area contributed by atoms with Crippen molar-refractivity contribution in [2.45, 2.75) is 58.4 Å². The van der Waals surface area contributed by atoms with Crippen molar-refractivity contribution in [2.75, 3.05) is 17.2 Å². The molecule has 0 saturated heterocycles. The van der Waals surface area contributed by atoms with Gasteiger partial charge in [-0.2, -0.15) is 28.1 Å². The van der Waals surface area contributed by atoms with Crippen molar-refractivity contribution in [3.8, 4) is 0 Å². The summed E-state index contributed by atoms with van der Waals surface area (Å²) in [5, 5.41) is 15.1. The number of hydrogen-bond donors (Lipinski definition) is 3. The zero-order valence-electron chi connectivity index (χ0n) is 14.6. The fourth-order valence-electron chi connectivity index (χ4n) is 2.32. The maximum Gasteiger partial charge on any atom is 0.408 e. The molecule has 1 heterocycles. The maximum absolute atomic E-state index is 12.8. The zero-order valence-corrected chi connectivity index (χ0v) is 14.6. The molecule has 0 saturated carbocycles. The smallest absolute Gasteiger partial charge is 0.389 e. The summed E-state index contributed by atoms with van der Waals surface area (Å²) >= 11 is 0. The number of halogens is 3. The summed E-state index contributed by atoms with van der Waals surface area (Å²) in [5.41, 5.74) is 0.719. The lowest BCUT2D eigenvalue weighted by molar-refractivity contribution is -0.138. The Morgan fingerprint density at radius 3 is 2.48 bits per heavy atom. The van der Waals surface area contributed by atoms with Crippen LogP contribution in [0.15, 0.2) is 6.08 Å². The predicted octanol–water partition coefficient (Wildman–Crippen LogP) is 3.23. The molecule has 0 fully saturated rings. The highest BCUT2D eigenvalue weighted by Gasteiger charge is 2.36. The fraction of sp³-hybridized carbons (Fsp3) is 0.688. The van der Waals surface area contributed by atoms with Crippen LogP contribution in [-0.4, -0.2) is 44.9 Å². The number of alkyl halides is 3. The molecule has 1 aromatic heterocycles. The van der Waals surface area contributed by atoms with Crippen molar-refractivity contribution < 1.29 is 18.3 Å². The molecule has 2 atom stereocenters. The average Bonchev–Trinajstić information content (AvgIpc) is 2.52. The number of nitrogens with zero attached hydrogens (tertiary/aromatic N) is 3. The summed E-state index contributed by atoms with van der Waals surface area (Å²) in [5.74, 6) is 0.692. The Labute approximate surface area is 145 Å². The van der Waals surface area contributed by atoms with E-state index < -0.39 is 18.3 Å². The Morgan fingerprint density at radius 1 is 1.20 bits per heavy atom. The van der Waals surface area contributed by atoms with Gasteiger partial charge in [0, 0.05) is 6.54 Å². The summed E-state index contributed by atoms with van der Waals surface area (Å²) in [6.45, 7) is 5.59. The lowest BCUT2D eigenvalue weighted by Gasteiger charge is -2.20. The Morgan fingerprint density at radius 2 is 1.88 bits per heavy atom. The average molecular weight is 359 g/mol. The number of anilines is 2. The van der Waals surface area contributed by atoms with Crippen LogP contribution in [0.4, 0.5) is 25.1 Å². The highest BCUT2D eigenvalue weighted by Crippen LogP contribution is 2.27. The van der Waals surface area contributed by atoms with E-state index in [0.29, 0.717) is 25.3 Å². The van der Waals surface area contributed by atoms with Crippen LogP contribution in [0, 0.1) is 5.92 Å².